The molecule has 19 heterocycles. The van der Waals surface area contributed by atoms with Crippen molar-refractivity contribution < 1.29 is 164 Å². The fourth-order valence-electron chi connectivity index (χ4n) is 20.3. The van der Waals surface area contributed by atoms with Gasteiger partial charge in [0.1, 0.15) is 6.57 Å². The molecule has 26 rings (SSSR count). The Labute approximate surface area is 793 Å². The summed E-state index contributed by atoms with van der Waals surface area (Å²) in [5, 5.41) is 0. The SMILES string of the molecule is CC1=C2C=Cc3cccc4c3N2C(C1)C4.CC1=C2C=Cc3cncc4c3N2C(C1)C4.[C-]#[N+]c1c[c-]c2c(c1)CC1Cc3ccc[c-]c3N21.[CH2-]C1=C(C)CC2Cc3ccc[c-]c3N12.[CH2-]C1=C(C)CC2Cc3cnc[c-]c3N12.[Y].[Y].[Y].[Y].[Y].[c-]1cccc2c1N1c3[c-]cccc3CC1C2.[c-]1cccc2c1N1c3[c-]cncc3CC1C2. The largest absolute Gasteiger partial charge is 0.409 e. The van der Waals surface area contributed by atoms with Gasteiger partial charge in [0.2, 0.25) is 5.69 Å². The van der Waals surface area contributed by atoms with Crippen molar-refractivity contribution in [2.24, 2.45) is 0 Å². The second-order valence-corrected chi connectivity index (χ2v) is 31.5. The first kappa shape index (κ1) is 81.9. The summed E-state index contributed by atoms with van der Waals surface area (Å²) in [6, 6.07) is 72.5. The fourth-order valence-corrected chi connectivity index (χ4v) is 20.3. The number of benzene rings is 7. The van der Waals surface area contributed by atoms with Gasteiger partial charge in [0.15, 0.2) is 0 Å². The molecule has 0 saturated carbocycles. The van der Waals surface area contributed by atoms with Crippen LogP contribution >= 0.6 is 0 Å². The molecule has 10 aromatic rings. The summed E-state index contributed by atoms with van der Waals surface area (Å²) >= 11 is 0. The Morgan fingerprint density at radius 1 is 0.327 bits per heavy atom. The Bertz CT molecular complexity index is 5250. The molecule has 0 fully saturated rings. The zero-order chi connectivity index (χ0) is 72.6. The normalized spacial score (nSPS) is 21.0. The van der Waals surface area contributed by atoms with Crippen LogP contribution in [-0.2, 0) is 228 Å². The topological polar surface area (TPSA) is 65.7 Å². The average Bonchev–Trinajstić information content (AvgIpc) is 1.58. The van der Waals surface area contributed by atoms with E-state index in [0.717, 1.165) is 69.2 Å². The van der Waals surface area contributed by atoms with E-state index in [0.29, 0.717) is 48.0 Å². The molecule has 11 nitrogen and oxygen atoms in total. The molecule has 549 valence electrons. The predicted octanol–water partition coefficient (Wildman–Crippen LogP) is 19.1. The maximum atomic E-state index is 7.07. The minimum absolute atomic E-state index is 0. The number of hydrogen-bond acceptors (Lipinski definition) is 10. The van der Waals surface area contributed by atoms with Crippen LogP contribution in [0.5, 0.6) is 0 Å². The Kier molecular flexibility index (Phi) is 24.7. The maximum absolute atomic E-state index is 7.07. The molecule has 0 bridgehead atoms. The molecule has 16 heteroatoms. The van der Waals surface area contributed by atoms with Gasteiger partial charge in [0, 0.05) is 235 Å². The first-order valence-electron chi connectivity index (χ1n) is 38.5. The molecule has 113 heavy (non-hydrogen) atoms. The molecule has 7 aromatic carbocycles. The number of para-hydroxylation sites is 6. The molecule has 3 aromatic heterocycles. The van der Waals surface area contributed by atoms with E-state index in [1.165, 1.54) is 184 Å². The fraction of sp³-hybridized carbons (Fsp3) is 0.258. The summed E-state index contributed by atoms with van der Waals surface area (Å²) in [4.78, 5) is 32.9. The number of nitrogens with zero attached hydrogens (tertiary/aromatic N) is 11. The molecule has 0 spiro atoms. The maximum Gasteiger partial charge on any atom is 0.208 e. The summed E-state index contributed by atoms with van der Waals surface area (Å²) < 4.78 is 0. The summed E-state index contributed by atoms with van der Waals surface area (Å²) in [7, 11) is 0. The van der Waals surface area contributed by atoms with Gasteiger partial charge in [-0.05, 0) is 85.6 Å². The van der Waals surface area contributed by atoms with Gasteiger partial charge in [-0.1, -0.05) is 160 Å². The molecule has 0 amide bonds. The third kappa shape index (κ3) is 14.6. The van der Waals surface area contributed by atoms with E-state index in [9.17, 15) is 0 Å². The van der Waals surface area contributed by atoms with E-state index in [1.54, 1.807) is 24.0 Å². The molecule has 0 saturated heterocycles. The number of rotatable bonds is 0. The van der Waals surface area contributed by atoms with Crippen LogP contribution in [0.4, 0.5) is 62.6 Å². The Morgan fingerprint density at radius 2 is 0.664 bits per heavy atom. The van der Waals surface area contributed by atoms with Crippen molar-refractivity contribution in [1.82, 2.24) is 15.0 Å². The molecule has 6 atom stereocenters. The Balaban J connectivity index is 0.000000103. The van der Waals surface area contributed by atoms with Gasteiger partial charge in [-0.2, -0.15) is 150 Å². The van der Waals surface area contributed by atoms with E-state index in [1.807, 2.05) is 67.3 Å². The van der Waals surface area contributed by atoms with Crippen LogP contribution < -0.4 is 34.3 Å². The summed E-state index contributed by atoms with van der Waals surface area (Å²) in [5.74, 6) is 0. The molecule has 0 aliphatic carbocycles. The quantitative estimate of drug-likeness (QED) is 0.137. The van der Waals surface area contributed by atoms with Gasteiger partial charge in [-0.3, -0.25) is 4.98 Å². The minimum atomic E-state index is 0. The third-order valence-electron chi connectivity index (χ3n) is 25.0. The summed E-state index contributed by atoms with van der Waals surface area (Å²) in [6.07, 6.45) is 36.4. The number of anilines is 10. The van der Waals surface area contributed by atoms with Crippen molar-refractivity contribution in [3.63, 3.8) is 0 Å². The zero-order valence-electron chi connectivity index (χ0n) is 64.5. The zero-order valence-corrected chi connectivity index (χ0v) is 78.7. The predicted molar refractivity (Wildman–Crippen MR) is 433 cm³/mol. The van der Waals surface area contributed by atoms with Crippen molar-refractivity contribution in [3.05, 3.63) is 356 Å². The van der Waals surface area contributed by atoms with Crippen molar-refractivity contribution in [3.8, 4) is 0 Å². The van der Waals surface area contributed by atoms with Crippen molar-refractivity contribution in [2.75, 3.05) is 34.3 Å². The molecular weight excluding hydrogens is 1760 g/mol. The third-order valence-corrected chi connectivity index (χ3v) is 25.0. The Morgan fingerprint density at radius 3 is 1.12 bits per heavy atom. The van der Waals surface area contributed by atoms with E-state index < -0.39 is 0 Å². The average molecular weight is 1850 g/mol. The Hall–Kier alpha value is -6.22. The number of hydrogen-bond donors (Lipinski definition) is 0. The molecule has 16 aliphatic heterocycles. The number of fused-ring (bicyclic) bond motifs is 21. The van der Waals surface area contributed by atoms with E-state index in [2.05, 4.69) is 241 Å². The van der Waals surface area contributed by atoms with Crippen LogP contribution in [0.3, 0.4) is 0 Å². The standard InChI is InChI=1S/C16H10N2.C15H11N.C14H10N2.C14H13N.C13H12N2.C13H13N.C12H12N2.5Y/c1-17-13-6-7-16-12(8-13)10-14-9-11-4-2-3-5-15(11)18(14)16;1-3-7-14-11(5-1)9-13-10-12-6-2-4-8-15(12)16(13)14;1-2-4-13-10(3-1)7-12-8-11-9-15-6-5-14(11)16(12)13;1-9-7-12-8-11-4-2-3-10-5-6-13(9)15(12)14(10)11;1-8-4-11-5-10-7-14-6-9-2-3-12(8)15(11)13(9)10;1-9-7-12-8-11-5-3-4-6-13(11)14(12)10(9)2;1-8-5-11-6-10-7-13-4-3-12(10)14(11)9(8)2;;;;;/h2-4,6,8,14H,9-10H2;1-6,13H,9-10H2;1-3,6,9,12H,7-8H2;2-6,12H,7-8H2,1H3;2-3,6-7,11H,4-5H2,1H3;3-5,12H,2,7-8H2,1H3;4,7,11H,2,5-6H2,1H3;;;;;/q3*-2;;;2*-2;;;;;. The van der Waals surface area contributed by atoms with Crippen LogP contribution in [0.15, 0.2) is 216 Å². The second-order valence-electron chi connectivity index (χ2n) is 31.5. The summed E-state index contributed by atoms with van der Waals surface area (Å²) in [5.41, 5.74) is 41.0. The molecular formula is C97H81N11Y5-10. The van der Waals surface area contributed by atoms with Gasteiger partial charge >= 0.3 is 0 Å². The van der Waals surface area contributed by atoms with Gasteiger partial charge in [0.25, 0.3) is 0 Å². The number of pyridine rings is 3. The summed E-state index contributed by atoms with van der Waals surface area (Å²) in [6.45, 7) is 24.2. The van der Waals surface area contributed by atoms with Gasteiger partial charge in [-0.15, -0.1) is 70.0 Å². The van der Waals surface area contributed by atoms with Crippen LogP contribution in [0.25, 0.3) is 17.0 Å². The monoisotopic (exact) mass is 1840 g/mol. The van der Waals surface area contributed by atoms with E-state index in [4.69, 9.17) is 6.57 Å². The van der Waals surface area contributed by atoms with Crippen molar-refractivity contribution in [1.29, 1.82) is 0 Å². The van der Waals surface area contributed by atoms with Crippen LogP contribution in [0, 0.1) is 69.0 Å². The van der Waals surface area contributed by atoms with Crippen LogP contribution in [0.2, 0.25) is 0 Å². The van der Waals surface area contributed by atoms with Gasteiger partial charge < -0.3 is 44.3 Å². The molecule has 16 aliphatic rings. The first-order chi connectivity index (χ1) is 53.0. The van der Waals surface area contributed by atoms with Gasteiger partial charge in [-0.25, -0.2) is 30.8 Å². The minimum Gasteiger partial charge on any atom is -0.409 e. The first-order valence-corrected chi connectivity index (χ1v) is 38.5. The second kappa shape index (κ2) is 34.0. The number of allylic oxidation sites excluding steroid dienone is 4. The molecule has 6 unspecified atom stereocenters. The molecule has 0 N–H and O–H groups in total. The van der Waals surface area contributed by atoms with Crippen LogP contribution in [-0.4, -0.2) is 57.2 Å². The van der Waals surface area contributed by atoms with E-state index in [-0.39, 0.29) is 164 Å². The van der Waals surface area contributed by atoms with Crippen molar-refractivity contribution >= 4 is 74.7 Å². The number of aromatic nitrogens is 3. The van der Waals surface area contributed by atoms with Crippen molar-refractivity contribution in [2.45, 2.75) is 160 Å². The van der Waals surface area contributed by atoms with Crippen LogP contribution in [0.1, 0.15) is 120 Å². The van der Waals surface area contributed by atoms with Gasteiger partial charge in [0.05, 0.1) is 11.4 Å². The van der Waals surface area contributed by atoms with E-state index >= 15 is 0 Å². The molecule has 5 radical (unpaired) electrons. The smallest absolute Gasteiger partial charge is 0.208 e.